The Kier molecular flexibility index (Phi) is 7.38. The SMILES string of the molecule is CC1(C)c2ccc(-c3cccc(-c4c5ccccc5c(-c5ccc(-c6cccc7ccccc67)cc5)c5ccccc45)c3)cc2-c2c1c1ccccc1c1ccccc21. The molecular formula is C59H40. The van der Waals surface area contributed by atoms with E-state index in [9.17, 15) is 0 Å². The second-order valence-corrected chi connectivity index (χ2v) is 16.8. The summed E-state index contributed by atoms with van der Waals surface area (Å²) in [6.45, 7) is 4.80. The molecule has 0 nitrogen and oxygen atoms in total. The molecule has 276 valence electrons. The molecule has 0 aliphatic heterocycles. The van der Waals surface area contributed by atoms with Crippen molar-refractivity contribution in [3.8, 4) is 55.6 Å². The van der Waals surface area contributed by atoms with Gasteiger partial charge >= 0.3 is 0 Å². The molecule has 0 aromatic heterocycles. The Hall–Kier alpha value is -7.28. The molecule has 0 saturated heterocycles. The number of benzene rings is 11. The third kappa shape index (κ3) is 5.03. The zero-order chi connectivity index (χ0) is 39.2. The first-order chi connectivity index (χ1) is 29.0. The summed E-state index contributed by atoms with van der Waals surface area (Å²) in [5, 5.41) is 12.9. The van der Waals surface area contributed by atoms with Crippen molar-refractivity contribution in [2.45, 2.75) is 19.3 Å². The van der Waals surface area contributed by atoms with E-state index < -0.39 is 0 Å². The summed E-state index contributed by atoms with van der Waals surface area (Å²) in [6.07, 6.45) is 0. The highest BCUT2D eigenvalue weighted by molar-refractivity contribution is 6.22. The molecule has 0 fully saturated rings. The van der Waals surface area contributed by atoms with Gasteiger partial charge in [-0.2, -0.15) is 0 Å². The van der Waals surface area contributed by atoms with Crippen molar-refractivity contribution in [1.29, 1.82) is 0 Å². The van der Waals surface area contributed by atoms with Gasteiger partial charge < -0.3 is 0 Å². The Balaban J connectivity index is 1.01. The van der Waals surface area contributed by atoms with Crippen LogP contribution in [0.4, 0.5) is 0 Å². The van der Waals surface area contributed by atoms with E-state index in [4.69, 9.17) is 0 Å². The fourth-order valence-electron chi connectivity index (χ4n) is 10.6. The molecule has 0 heteroatoms. The quantitative estimate of drug-likeness (QED) is 0.124. The minimum absolute atomic E-state index is 0.121. The second kappa shape index (κ2) is 12.9. The second-order valence-electron chi connectivity index (χ2n) is 16.8. The molecule has 0 saturated carbocycles. The summed E-state index contributed by atoms with van der Waals surface area (Å²) in [6, 6.07) is 76.8. The van der Waals surface area contributed by atoms with Crippen molar-refractivity contribution >= 4 is 53.9 Å². The zero-order valence-corrected chi connectivity index (χ0v) is 33.1. The Morgan fingerprint density at radius 2 is 0.712 bits per heavy atom. The maximum atomic E-state index is 2.46. The molecular weight excluding hydrogens is 709 g/mol. The first-order valence-corrected chi connectivity index (χ1v) is 20.8. The van der Waals surface area contributed by atoms with Crippen molar-refractivity contribution in [2.75, 3.05) is 0 Å². The van der Waals surface area contributed by atoms with Gasteiger partial charge in [0.1, 0.15) is 0 Å². The Morgan fingerprint density at radius 3 is 1.37 bits per heavy atom. The Morgan fingerprint density at radius 1 is 0.271 bits per heavy atom. The van der Waals surface area contributed by atoms with Crippen LogP contribution in [0, 0.1) is 0 Å². The molecule has 11 aromatic rings. The lowest BCUT2D eigenvalue weighted by Crippen LogP contribution is -2.15. The zero-order valence-electron chi connectivity index (χ0n) is 33.1. The molecule has 0 radical (unpaired) electrons. The molecule has 0 spiro atoms. The highest BCUT2D eigenvalue weighted by atomic mass is 14.4. The van der Waals surface area contributed by atoms with Gasteiger partial charge in [-0.15, -0.1) is 0 Å². The Labute approximate surface area is 344 Å². The van der Waals surface area contributed by atoms with Crippen LogP contribution in [-0.4, -0.2) is 0 Å². The van der Waals surface area contributed by atoms with Crippen molar-refractivity contribution in [1.82, 2.24) is 0 Å². The van der Waals surface area contributed by atoms with Gasteiger partial charge in [0.2, 0.25) is 0 Å². The van der Waals surface area contributed by atoms with Crippen molar-refractivity contribution in [3.63, 3.8) is 0 Å². The number of hydrogen-bond donors (Lipinski definition) is 0. The molecule has 0 unspecified atom stereocenters. The van der Waals surface area contributed by atoms with Gasteiger partial charge in [0.15, 0.2) is 0 Å². The van der Waals surface area contributed by atoms with Crippen molar-refractivity contribution in [2.24, 2.45) is 0 Å². The average Bonchev–Trinajstić information content (AvgIpc) is 3.54. The van der Waals surface area contributed by atoms with Gasteiger partial charge in [-0.1, -0.05) is 208 Å². The van der Waals surface area contributed by atoms with Crippen LogP contribution in [0.2, 0.25) is 0 Å². The molecule has 1 aliphatic rings. The Bertz CT molecular complexity index is 3450. The van der Waals surface area contributed by atoms with E-state index in [0.717, 1.165) is 0 Å². The molecule has 0 N–H and O–H groups in total. The molecule has 0 bridgehead atoms. The van der Waals surface area contributed by atoms with Crippen LogP contribution in [-0.2, 0) is 5.41 Å². The number of hydrogen-bond acceptors (Lipinski definition) is 0. The predicted molar refractivity (Wildman–Crippen MR) is 253 cm³/mol. The molecule has 0 atom stereocenters. The molecule has 0 heterocycles. The minimum Gasteiger partial charge on any atom is -0.0616 e. The average molecular weight is 749 g/mol. The van der Waals surface area contributed by atoms with E-state index in [1.165, 1.54) is 121 Å². The number of fused-ring (bicyclic) bond motifs is 11. The van der Waals surface area contributed by atoms with Gasteiger partial charge in [-0.25, -0.2) is 0 Å². The number of rotatable bonds is 4. The minimum atomic E-state index is -0.121. The van der Waals surface area contributed by atoms with E-state index >= 15 is 0 Å². The normalized spacial score (nSPS) is 13.1. The van der Waals surface area contributed by atoms with Crippen LogP contribution < -0.4 is 0 Å². The third-order valence-corrected chi connectivity index (χ3v) is 13.2. The summed E-state index contributed by atoms with van der Waals surface area (Å²) >= 11 is 0. The van der Waals surface area contributed by atoms with E-state index in [2.05, 4.69) is 220 Å². The molecule has 12 rings (SSSR count). The first-order valence-electron chi connectivity index (χ1n) is 20.8. The monoisotopic (exact) mass is 748 g/mol. The van der Waals surface area contributed by atoms with Gasteiger partial charge in [0, 0.05) is 5.41 Å². The van der Waals surface area contributed by atoms with Gasteiger partial charge in [0.05, 0.1) is 0 Å². The largest absolute Gasteiger partial charge is 0.0616 e. The smallest absolute Gasteiger partial charge is 0.0165 e. The highest BCUT2D eigenvalue weighted by Crippen LogP contribution is 2.55. The van der Waals surface area contributed by atoms with Gasteiger partial charge in [0.25, 0.3) is 0 Å². The van der Waals surface area contributed by atoms with Crippen LogP contribution in [0.3, 0.4) is 0 Å². The summed E-state index contributed by atoms with van der Waals surface area (Å²) in [4.78, 5) is 0. The standard InChI is InChI=1S/C59H40/c1-59(2)54-34-33-41(36-53(54)57-47-22-7-5-20-45(47)46-21-6-12-27-52(46)58(57)59)40-17-13-18-42(35-40)56-50-25-10-8-23-48(50)55(49-24-9-11-26-51(49)56)39-31-29-38(30-32-39)44-28-14-16-37-15-3-4-19-43(37)44/h3-36H,1-2H3. The molecule has 59 heavy (non-hydrogen) atoms. The predicted octanol–water partition coefficient (Wildman–Crippen LogP) is 16.4. The van der Waals surface area contributed by atoms with E-state index in [0.29, 0.717) is 0 Å². The van der Waals surface area contributed by atoms with E-state index in [1.807, 2.05) is 0 Å². The van der Waals surface area contributed by atoms with E-state index in [-0.39, 0.29) is 5.41 Å². The van der Waals surface area contributed by atoms with Crippen molar-refractivity contribution in [3.05, 3.63) is 217 Å². The molecule has 1 aliphatic carbocycles. The summed E-state index contributed by atoms with van der Waals surface area (Å²) in [5.74, 6) is 0. The van der Waals surface area contributed by atoms with Crippen LogP contribution in [0.5, 0.6) is 0 Å². The molecule has 11 aromatic carbocycles. The fraction of sp³-hybridized carbons (Fsp3) is 0.0508. The van der Waals surface area contributed by atoms with Crippen molar-refractivity contribution < 1.29 is 0 Å². The first kappa shape index (κ1) is 33.8. The lowest BCUT2D eigenvalue weighted by Gasteiger charge is -2.24. The van der Waals surface area contributed by atoms with Crippen LogP contribution >= 0.6 is 0 Å². The maximum Gasteiger partial charge on any atom is 0.0165 e. The van der Waals surface area contributed by atoms with Gasteiger partial charge in [-0.05, 0) is 133 Å². The summed E-state index contributed by atoms with van der Waals surface area (Å²) in [5.41, 5.74) is 15.4. The maximum absolute atomic E-state index is 2.46. The van der Waals surface area contributed by atoms with E-state index in [1.54, 1.807) is 0 Å². The topological polar surface area (TPSA) is 0 Å². The van der Waals surface area contributed by atoms with Crippen LogP contribution in [0.15, 0.2) is 206 Å². The third-order valence-electron chi connectivity index (χ3n) is 13.2. The molecule has 0 amide bonds. The summed E-state index contributed by atoms with van der Waals surface area (Å²) in [7, 11) is 0. The van der Waals surface area contributed by atoms with Gasteiger partial charge in [-0.3, -0.25) is 0 Å². The lowest BCUT2D eigenvalue weighted by molar-refractivity contribution is 0.666. The summed E-state index contributed by atoms with van der Waals surface area (Å²) < 4.78 is 0. The highest BCUT2D eigenvalue weighted by Gasteiger charge is 2.38. The van der Waals surface area contributed by atoms with Crippen LogP contribution in [0.25, 0.3) is 109 Å². The fourth-order valence-corrected chi connectivity index (χ4v) is 10.6. The van der Waals surface area contributed by atoms with Crippen LogP contribution in [0.1, 0.15) is 25.0 Å². The lowest BCUT2D eigenvalue weighted by atomic mass is 9.79.